The fourth-order valence-corrected chi connectivity index (χ4v) is 3.07. The molecule has 21 heavy (non-hydrogen) atoms. The van der Waals surface area contributed by atoms with Crippen molar-refractivity contribution in [3.63, 3.8) is 0 Å². The fourth-order valence-electron chi connectivity index (χ4n) is 3.07. The first-order valence-corrected chi connectivity index (χ1v) is 7.83. The molecule has 1 nitrogen and oxygen atoms in total. The Morgan fingerprint density at radius 1 is 0.762 bits per heavy atom. The Morgan fingerprint density at radius 3 is 1.76 bits per heavy atom. The number of para-hydroxylation sites is 2. The molecule has 3 unspecified atom stereocenters. The fraction of sp³-hybridized carbons (Fsp3) is 0.300. The normalized spacial score (nSPS) is 24.8. The molecule has 0 saturated carbocycles. The van der Waals surface area contributed by atoms with Gasteiger partial charge in [-0.3, -0.25) is 0 Å². The second-order valence-electron chi connectivity index (χ2n) is 6.07. The number of nitrogens with zero attached hydrogens (tertiary/aromatic N) is 1. The summed E-state index contributed by atoms with van der Waals surface area (Å²) in [7, 11) is 0. The summed E-state index contributed by atoms with van der Waals surface area (Å²) in [6, 6.07) is 21.8. The zero-order valence-electron chi connectivity index (χ0n) is 12.8. The minimum absolute atomic E-state index is 0.431. The maximum atomic E-state index is 2.46. The quantitative estimate of drug-likeness (QED) is 0.677. The summed E-state index contributed by atoms with van der Waals surface area (Å²) in [5.74, 6) is 1.39. The van der Waals surface area contributed by atoms with Crippen molar-refractivity contribution in [1.29, 1.82) is 0 Å². The molecule has 2 aromatic rings. The van der Waals surface area contributed by atoms with Gasteiger partial charge in [0.25, 0.3) is 0 Å². The zero-order valence-corrected chi connectivity index (χ0v) is 12.8. The van der Waals surface area contributed by atoms with Gasteiger partial charge in [-0.2, -0.15) is 0 Å². The van der Waals surface area contributed by atoms with Gasteiger partial charge in [0.2, 0.25) is 0 Å². The number of hydrogen-bond acceptors (Lipinski definition) is 1. The molecule has 0 aromatic heterocycles. The van der Waals surface area contributed by atoms with E-state index < -0.39 is 0 Å². The van der Waals surface area contributed by atoms with Crippen molar-refractivity contribution in [2.75, 3.05) is 4.90 Å². The minimum atomic E-state index is 0.431. The number of anilines is 2. The molecule has 3 rings (SSSR count). The molecule has 3 atom stereocenters. The van der Waals surface area contributed by atoms with E-state index in [4.69, 9.17) is 0 Å². The van der Waals surface area contributed by atoms with Gasteiger partial charge in [-0.05, 0) is 42.5 Å². The molecule has 0 radical (unpaired) electrons. The summed E-state index contributed by atoms with van der Waals surface area (Å²) in [5, 5.41) is 0. The lowest BCUT2D eigenvalue weighted by Crippen LogP contribution is -2.34. The first-order chi connectivity index (χ1) is 10.3. The molecule has 0 N–H and O–H groups in total. The predicted octanol–water partition coefficient (Wildman–Crippen LogP) is 5.43. The van der Waals surface area contributed by atoms with Crippen LogP contribution < -0.4 is 4.90 Å². The molecule has 0 bridgehead atoms. The highest BCUT2D eigenvalue weighted by Crippen LogP contribution is 2.34. The van der Waals surface area contributed by atoms with Crippen LogP contribution in [0.4, 0.5) is 11.4 Å². The molecular formula is C20H23N. The van der Waals surface area contributed by atoms with E-state index >= 15 is 0 Å². The topological polar surface area (TPSA) is 3.24 Å². The highest BCUT2D eigenvalue weighted by Gasteiger charge is 2.25. The van der Waals surface area contributed by atoms with Crippen molar-refractivity contribution in [1.82, 2.24) is 0 Å². The van der Waals surface area contributed by atoms with Crippen LogP contribution in [-0.2, 0) is 0 Å². The molecule has 0 saturated heterocycles. The van der Waals surface area contributed by atoms with E-state index in [0.29, 0.717) is 12.0 Å². The summed E-state index contributed by atoms with van der Waals surface area (Å²) in [5.41, 5.74) is 2.53. The van der Waals surface area contributed by atoms with Gasteiger partial charge in [-0.15, -0.1) is 0 Å². The van der Waals surface area contributed by atoms with E-state index in [0.717, 1.165) is 5.92 Å². The Balaban J connectivity index is 1.99. The van der Waals surface area contributed by atoms with E-state index in [9.17, 15) is 0 Å². The van der Waals surface area contributed by atoms with Gasteiger partial charge in [-0.1, -0.05) is 62.4 Å². The second-order valence-corrected chi connectivity index (χ2v) is 6.07. The zero-order chi connectivity index (χ0) is 14.7. The van der Waals surface area contributed by atoms with Gasteiger partial charge < -0.3 is 4.90 Å². The Kier molecular flexibility index (Phi) is 4.10. The largest absolute Gasteiger partial charge is 0.335 e. The van der Waals surface area contributed by atoms with E-state index in [1.807, 2.05) is 0 Å². The third-order valence-corrected chi connectivity index (χ3v) is 4.55. The van der Waals surface area contributed by atoms with Crippen LogP contribution in [0.25, 0.3) is 0 Å². The molecular weight excluding hydrogens is 254 g/mol. The second kappa shape index (κ2) is 6.17. The third-order valence-electron chi connectivity index (χ3n) is 4.55. The van der Waals surface area contributed by atoms with Crippen molar-refractivity contribution < 1.29 is 0 Å². The Labute approximate surface area is 127 Å². The third kappa shape index (κ3) is 3.02. The van der Waals surface area contributed by atoms with Crippen LogP contribution in [-0.4, -0.2) is 6.04 Å². The van der Waals surface area contributed by atoms with E-state index in [2.05, 4.69) is 91.6 Å². The SMILES string of the molecule is CC1C=CC(N(c2ccccc2)c2ccccc2)CC1C. The molecule has 0 amide bonds. The molecule has 1 heteroatoms. The minimum Gasteiger partial charge on any atom is -0.335 e. The average Bonchev–Trinajstić information content (AvgIpc) is 2.53. The van der Waals surface area contributed by atoms with Crippen molar-refractivity contribution in [2.45, 2.75) is 26.3 Å². The summed E-state index contributed by atoms with van der Waals surface area (Å²) in [4.78, 5) is 2.46. The monoisotopic (exact) mass is 277 g/mol. The molecule has 0 aliphatic heterocycles. The highest BCUT2D eigenvalue weighted by molar-refractivity contribution is 5.65. The van der Waals surface area contributed by atoms with E-state index in [1.165, 1.54) is 17.8 Å². The van der Waals surface area contributed by atoms with Crippen LogP contribution in [0.3, 0.4) is 0 Å². The number of hydrogen-bond donors (Lipinski definition) is 0. The lowest BCUT2D eigenvalue weighted by molar-refractivity contribution is 0.388. The number of rotatable bonds is 3. The molecule has 108 valence electrons. The Hall–Kier alpha value is -2.02. The van der Waals surface area contributed by atoms with Crippen LogP contribution in [0.1, 0.15) is 20.3 Å². The van der Waals surface area contributed by atoms with Crippen molar-refractivity contribution >= 4 is 11.4 Å². The molecule has 0 fully saturated rings. The van der Waals surface area contributed by atoms with Crippen LogP contribution >= 0.6 is 0 Å². The van der Waals surface area contributed by atoms with E-state index in [1.54, 1.807) is 0 Å². The van der Waals surface area contributed by atoms with Crippen molar-refractivity contribution in [3.8, 4) is 0 Å². The molecule has 0 heterocycles. The lowest BCUT2D eigenvalue weighted by atomic mass is 9.83. The lowest BCUT2D eigenvalue weighted by Gasteiger charge is -2.37. The van der Waals surface area contributed by atoms with Gasteiger partial charge in [0.05, 0.1) is 6.04 Å². The summed E-state index contributed by atoms with van der Waals surface area (Å²) in [6.45, 7) is 4.67. The molecule has 1 aliphatic carbocycles. The molecule has 2 aromatic carbocycles. The average molecular weight is 277 g/mol. The number of allylic oxidation sites excluding steroid dienone is 1. The van der Waals surface area contributed by atoms with Crippen LogP contribution in [0.2, 0.25) is 0 Å². The Bertz CT molecular complexity index is 548. The molecule has 1 aliphatic rings. The number of benzene rings is 2. The van der Waals surface area contributed by atoms with Gasteiger partial charge >= 0.3 is 0 Å². The smallest absolute Gasteiger partial charge is 0.0525 e. The summed E-state index contributed by atoms with van der Waals surface area (Å²) < 4.78 is 0. The maximum Gasteiger partial charge on any atom is 0.0525 e. The highest BCUT2D eigenvalue weighted by atomic mass is 15.2. The van der Waals surface area contributed by atoms with Crippen molar-refractivity contribution in [3.05, 3.63) is 72.8 Å². The van der Waals surface area contributed by atoms with Gasteiger partial charge in [0.1, 0.15) is 0 Å². The van der Waals surface area contributed by atoms with Gasteiger partial charge in [-0.25, -0.2) is 0 Å². The van der Waals surface area contributed by atoms with E-state index in [-0.39, 0.29) is 0 Å². The van der Waals surface area contributed by atoms with Crippen LogP contribution in [0.15, 0.2) is 72.8 Å². The van der Waals surface area contributed by atoms with Gasteiger partial charge in [0.15, 0.2) is 0 Å². The first kappa shape index (κ1) is 13.9. The molecule has 0 spiro atoms. The summed E-state index contributed by atoms with van der Waals surface area (Å²) >= 11 is 0. The first-order valence-electron chi connectivity index (χ1n) is 7.83. The standard InChI is InChI=1S/C20H23N/c1-16-13-14-20(15-17(16)2)21(18-9-5-3-6-10-18)19-11-7-4-8-12-19/h3-14,16-17,20H,15H2,1-2H3. The summed E-state index contributed by atoms with van der Waals surface area (Å²) in [6.07, 6.45) is 5.95. The van der Waals surface area contributed by atoms with Gasteiger partial charge in [0, 0.05) is 11.4 Å². The predicted molar refractivity (Wildman–Crippen MR) is 90.9 cm³/mol. The van der Waals surface area contributed by atoms with Crippen LogP contribution in [0.5, 0.6) is 0 Å². The van der Waals surface area contributed by atoms with Crippen molar-refractivity contribution in [2.24, 2.45) is 11.8 Å². The van der Waals surface area contributed by atoms with Crippen LogP contribution in [0, 0.1) is 11.8 Å². The maximum absolute atomic E-state index is 2.46. The Morgan fingerprint density at radius 2 is 1.29 bits per heavy atom.